The Morgan fingerprint density at radius 3 is 2.43 bits per heavy atom. The van der Waals surface area contributed by atoms with E-state index in [0.717, 1.165) is 12.1 Å². The van der Waals surface area contributed by atoms with Gasteiger partial charge in [0.05, 0.1) is 24.4 Å². The minimum Gasteiger partial charge on any atom is -0.487 e. The van der Waals surface area contributed by atoms with E-state index in [-0.39, 0.29) is 18.9 Å². The highest BCUT2D eigenvalue weighted by Gasteiger charge is 2.11. The fourth-order valence-electron chi connectivity index (χ4n) is 1.69. The molecule has 0 saturated heterocycles. The average Bonchev–Trinajstić information content (AvgIpc) is 2.45. The van der Waals surface area contributed by atoms with Gasteiger partial charge in [-0.25, -0.2) is 8.78 Å². The van der Waals surface area contributed by atoms with Gasteiger partial charge in [-0.1, -0.05) is 18.2 Å². The molecule has 6 heteroatoms. The van der Waals surface area contributed by atoms with Crippen LogP contribution in [0, 0.1) is 11.6 Å². The monoisotopic (exact) mass is 292 g/mol. The second-order valence-electron chi connectivity index (χ2n) is 4.28. The smallest absolute Gasteiger partial charge is 0.227 e. The molecule has 0 spiro atoms. The summed E-state index contributed by atoms with van der Waals surface area (Å²) in [4.78, 5) is 11.7. The van der Waals surface area contributed by atoms with Crippen molar-refractivity contribution in [2.24, 2.45) is 0 Å². The lowest BCUT2D eigenvalue weighted by Gasteiger charge is -2.09. The molecule has 0 fully saturated rings. The van der Waals surface area contributed by atoms with Crippen molar-refractivity contribution in [1.82, 2.24) is 0 Å². The molecule has 2 aromatic rings. The Morgan fingerprint density at radius 1 is 1.10 bits per heavy atom. The molecule has 0 saturated carbocycles. The van der Waals surface area contributed by atoms with Crippen molar-refractivity contribution in [3.05, 3.63) is 54.1 Å². The number of carbonyl (C=O) groups excluding carboxylic acids is 1. The fourth-order valence-corrected chi connectivity index (χ4v) is 1.69. The van der Waals surface area contributed by atoms with E-state index in [9.17, 15) is 13.6 Å². The third-order valence-electron chi connectivity index (χ3n) is 2.73. The summed E-state index contributed by atoms with van der Waals surface area (Å²) >= 11 is 0. The number of para-hydroxylation sites is 3. The Morgan fingerprint density at radius 2 is 1.76 bits per heavy atom. The van der Waals surface area contributed by atoms with Crippen LogP contribution in [0.1, 0.15) is 6.42 Å². The van der Waals surface area contributed by atoms with E-state index in [1.807, 2.05) is 0 Å². The van der Waals surface area contributed by atoms with Crippen LogP contribution in [0.15, 0.2) is 42.5 Å². The zero-order valence-electron chi connectivity index (χ0n) is 11.1. The van der Waals surface area contributed by atoms with Crippen molar-refractivity contribution in [3.63, 3.8) is 0 Å². The van der Waals surface area contributed by atoms with Crippen LogP contribution in [0.2, 0.25) is 0 Å². The van der Waals surface area contributed by atoms with Crippen LogP contribution < -0.4 is 15.8 Å². The Balaban J connectivity index is 1.86. The van der Waals surface area contributed by atoms with Crippen molar-refractivity contribution in [2.45, 2.75) is 6.42 Å². The van der Waals surface area contributed by atoms with Crippen molar-refractivity contribution in [2.75, 3.05) is 17.7 Å². The molecule has 3 N–H and O–H groups in total. The Hall–Kier alpha value is -2.63. The quantitative estimate of drug-likeness (QED) is 0.833. The lowest BCUT2D eigenvalue weighted by Crippen LogP contribution is -2.16. The summed E-state index contributed by atoms with van der Waals surface area (Å²) in [6.45, 7) is -0.142. The Bertz CT molecular complexity index is 627. The van der Waals surface area contributed by atoms with E-state index >= 15 is 0 Å². The molecule has 21 heavy (non-hydrogen) atoms. The highest BCUT2D eigenvalue weighted by Crippen LogP contribution is 2.21. The van der Waals surface area contributed by atoms with Gasteiger partial charge in [0, 0.05) is 0 Å². The van der Waals surface area contributed by atoms with Crippen LogP contribution in [-0.2, 0) is 4.79 Å². The molecule has 0 aliphatic heterocycles. The lowest BCUT2D eigenvalue weighted by molar-refractivity contribution is -0.116. The molecule has 0 aliphatic carbocycles. The number of nitrogens with one attached hydrogen (secondary N) is 1. The number of rotatable bonds is 5. The van der Waals surface area contributed by atoms with Gasteiger partial charge in [0.25, 0.3) is 0 Å². The number of nitrogens with two attached hydrogens (primary N) is 1. The minimum atomic E-state index is -0.803. The van der Waals surface area contributed by atoms with Gasteiger partial charge in [0.1, 0.15) is 0 Å². The molecule has 2 aromatic carbocycles. The predicted octanol–water partition coefficient (Wildman–Crippen LogP) is 2.95. The molecule has 0 heterocycles. The summed E-state index contributed by atoms with van der Waals surface area (Å²) in [5.41, 5.74) is 6.61. The zero-order chi connectivity index (χ0) is 15.2. The number of hydrogen-bond acceptors (Lipinski definition) is 3. The first-order chi connectivity index (χ1) is 10.1. The number of anilines is 2. The molecular weight excluding hydrogens is 278 g/mol. The molecular formula is C15H14F2N2O2. The number of hydrogen-bond donors (Lipinski definition) is 2. The highest BCUT2D eigenvalue weighted by atomic mass is 19.1. The zero-order valence-corrected chi connectivity index (χ0v) is 11.1. The third-order valence-corrected chi connectivity index (χ3v) is 2.73. The standard InChI is InChI=1S/C15H14F2N2O2/c16-10-4-3-5-11(17)15(10)21-9-8-14(20)19-13-7-2-1-6-12(13)18/h1-7H,8-9,18H2,(H,19,20). The molecule has 1 amide bonds. The van der Waals surface area contributed by atoms with Gasteiger partial charge in [-0.15, -0.1) is 0 Å². The SMILES string of the molecule is Nc1ccccc1NC(=O)CCOc1c(F)cccc1F. The summed E-state index contributed by atoms with van der Waals surface area (Å²) in [6.07, 6.45) is -0.0535. The first-order valence-electron chi connectivity index (χ1n) is 6.29. The fraction of sp³-hybridized carbons (Fsp3) is 0.133. The normalized spacial score (nSPS) is 10.2. The topological polar surface area (TPSA) is 64.3 Å². The number of halogens is 2. The predicted molar refractivity (Wildman–Crippen MR) is 76.0 cm³/mol. The van der Waals surface area contributed by atoms with Crippen LogP contribution in [0.5, 0.6) is 5.75 Å². The highest BCUT2D eigenvalue weighted by molar-refractivity contribution is 5.93. The summed E-state index contributed by atoms with van der Waals surface area (Å²) in [5, 5.41) is 2.59. The largest absolute Gasteiger partial charge is 0.487 e. The minimum absolute atomic E-state index is 0.0535. The number of amides is 1. The van der Waals surface area contributed by atoms with Gasteiger partial charge >= 0.3 is 0 Å². The van der Waals surface area contributed by atoms with Crippen LogP contribution in [0.4, 0.5) is 20.2 Å². The molecule has 110 valence electrons. The Labute approximate surface area is 120 Å². The van der Waals surface area contributed by atoms with Crippen molar-refractivity contribution in [3.8, 4) is 5.75 Å². The van der Waals surface area contributed by atoms with E-state index < -0.39 is 17.4 Å². The number of benzene rings is 2. The van der Waals surface area contributed by atoms with Gasteiger partial charge in [-0.2, -0.15) is 0 Å². The summed E-state index contributed by atoms with van der Waals surface area (Å²) in [6, 6.07) is 10.2. The van der Waals surface area contributed by atoms with Gasteiger partial charge in [-0.3, -0.25) is 4.79 Å². The maximum absolute atomic E-state index is 13.3. The van der Waals surface area contributed by atoms with Gasteiger partial charge in [-0.05, 0) is 24.3 Å². The first kappa shape index (κ1) is 14.8. The molecule has 0 bridgehead atoms. The van der Waals surface area contributed by atoms with Gasteiger partial charge < -0.3 is 15.8 Å². The molecule has 2 rings (SSSR count). The number of carbonyl (C=O) groups is 1. The van der Waals surface area contributed by atoms with Crippen LogP contribution >= 0.6 is 0 Å². The second kappa shape index (κ2) is 6.69. The van der Waals surface area contributed by atoms with Gasteiger partial charge in [0.15, 0.2) is 17.4 Å². The Kier molecular flexibility index (Phi) is 4.71. The van der Waals surface area contributed by atoms with Crippen LogP contribution in [-0.4, -0.2) is 12.5 Å². The van der Waals surface area contributed by atoms with Crippen molar-refractivity contribution >= 4 is 17.3 Å². The molecule has 0 aliphatic rings. The molecule has 0 aromatic heterocycles. The maximum atomic E-state index is 13.3. The van der Waals surface area contributed by atoms with Crippen molar-refractivity contribution < 1.29 is 18.3 Å². The summed E-state index contributed by atoms with van der Waals surface area (Å²) in [5.74, 6) is -2.44. The molecule has 4 nitrogen and oxygen atoms in total. The first-order valence-corrected chi connectivity index (χ1v) is 6.29. The number of ether oxygens (including phenoxy) is 1. The summed E-state index contributed by atoms with van der Waals surface area (Å²) < 4.78 is 31.5. The average molecular weight is 292 g/mol. The van der Waals surface area contributed by atoms with Crippen LogP contribution in [0.3, 0.4) is 0 Å². The van der Waals surface area contributed by atoms with Crippen molar-refractivity contribution in [1.29, 1.82) is 0 Å². The molecule has 0 atom stereocenters. The van der Waals surface area contributed by atoms with E-state index in [0.29, 0.717) is 11.4 Å². The van der Waals surface area contributed by atoms with E-state index in [4.69, 9.17) is 10.5 Å². The van der Waals surface area contributed by atoms with E-state index in [1.54, 1.807) is 24.3 Å². The van der Waals surface area contributed by atoms with E-state index in [2.05, 4.69) is 5.32 Å². The van der Waals surface area contributed by atoms with Gasteiger partial charge in [0.2, 0.25) is 5.91 Å². The van der Waals surface area contributed by atoms with Crippen LogP contribution in [0.25, 0.3) is 0 Å². The summed E-state index contributed by atoms with van der Waals surface area (Å²) in [7, 11) is 0. The third kappa shape index (κ3) is 3.92. The maximum Gasteiger partial charge on any atom is 0.227 e. The number of nitrogen functional groups attached to an aromatic ring is 1. The molecule has 0 unspecified atom stereocenters. The lowest BCUT2D eigenvalue weighted by atomic mass is 10.2. The second-order valence-corrected chi connectivity index (χ2v) is 4.28. The molecule has 0 radical (unpaired) electrons. The van der Waals surface area contributed by atoms with E-state index in [1.165, 1.54) is 6.07 Å².